The molecule has 0 spiro atoms. The maximum absolute atomic E-state index is 11.9. The Morgan fingerprint density at radius 2 is 2.00 bits per heavy atom. The van der Waals surface area contributed by atoms with E-state index in [1.54, 1.807) is 12.1 Å². The minimum absolute atomic E-state index is 0.0367. The first-order chi connectivity index (χ1) is 7.88. The van der Waals surface area contributed by atoms with Crippen molar-refractivity contribution in [2.24, 2.45) is 5.73 Å². The summed E-state index contributed by atoms with van der Waals surface area (Å²) in [6.45, 7) is -1.47. The van der Waals surface area contributed by atoms with Gasteiger partial charge in [-0.3, -0.25) is 4.18 Å². The molecular weight excluding hydrogens is 327 g/mol. The molecule has 1 rings (SSSR count). The molecule has 0 heterocycles. The molecule has 17 heavy (non-hydrogen) atoms. The van der Waals surface area contributed by atoms with Crippen LogP contribution >= 0.6 is 40.7 Å². The number of hydrogen-bond acceptors (Lipinski definition) is 4. The van der Waals surface area contributed by atoms with Crippen molar-refractivity contribution in [2.75, 3.05) is 6.35 Å². The molecule has 0 aliphatic rings. The lowest BCUT2D eigenvalue weighted by atomic mass is 10.2. The second-order valence-electron chi connectivity index (χ2n) is 2.94. The topological polar surface area (TPSA) is 69.4 Å². The number of rotatable bonds is 5. The third-order valence-electron chi connectivity index (χ3n) is 1.82. The van der Waals surface area contributed by atoms with E-state index in [2.05, 4.69) is 0 Å². The molecule has 0 saturated heterocycles. The van der Waals surface area contributed by atoms with Crippen LogP contribution in [0.4, 0.5) is 0 Å². The molecule has 0 radical (unpaired) electrons. The molecule has 0 saturated carbocycles. The standard InChI is InChI=1S/C8H9Cl3NO3PS/c9-7-3-1-2-6(4-12)8(7)17(13,14)15-5-16(10)11/h1-3H,4-5,12H2. The summed E-state index contributed by atoms with van der Waals surface area (Å²) in [5, 5.41) is 0.0569. The number of benzene rings is 1. The second kappa shape index (κ2) is 6.53. The molecule has 0 fully saturated rings. The van der Waals surface area contributed by atoms with Crippen LogP contribution in [0.25, 0.3) is 0 Å². The Bertz CT molecular complexity index is 495. The number of halogens is 3. The van der Waals surface area contributed by atoms with Gasteiger partial charge in [0.15, 0.2) is 0 Å². The van der Waals surface area contributed by atoms with Crippen LogP contribution in [0.3, 0.4) is 0 Å². The summed E-state index contributed by atoms with van der Waals surface area (Å²) in [5.74, 6) is 0. The van der Waals surface area contributed by atoms with Crippen molar-refractivity contribution >= 4 is 50.8 Å². The zero-order valence-corrected chi connectivity index (χ0v) is 12.4. The highest BCUT2D eigenvalue weighted by Crippen LogP contribution is 2.47. The van der Waals surface area contributed by atoms with Gasteiger partial charge in [0.2, 0.25) is 0 Å². The molecule has 2 N–H and O–H groups in total. The zero-order valence-electron chi connectivity index (χ0n) is 8.44. The van der Waals surface area contributed by atoms with Gasteiger partial charge in [0.1, 0.15) is 17.9 Å². The molecular formula is C8H9Cl3NO3PS. The zero-order chi connectivity index (χ0) is 13.1. The largest absolute Gasteiger partial charge is 0.326 e. The van der Waals surface area contributed by atoms with Crippen LogP contribution in [-0.4, -0.2) is 14.8 Å². The number of hydrogen-bond donors (Lipinski definition) is 1. The summed E-state index contributed by atoms with van der Waals surface area (Å²) in [5.41, 5.74) is 5.83. The van der Waals surface area contributed by atoms with Gasteiger partial charge in [-0.2, -0.15) is 8.42 Å². The van der Waals surface area contributed by atoms with Gasteiger partial charge in [-0.15, -0.1) is 0 Å². The third kappa shape index (κ3) is 4.21. The van der Waals surface area contributed by atoms with Crippen molar-refractivity contribution in [3.8, 4) is 0 Å². The van der Waals surface area contributed by atoms with Gasteiger partial charge in [-0.05, 0) is 11.6 Å². The molecule has 1 aromatic carbocycles. The van der Waals surface area contributed by atoms with Crippen LogP contribution < -0.4 is 5.73 Å². The minimum Gasteiger partial charge on any atom is -0.326 e. The van der Waals surface area contributed by atoms with E-state index in [9.17, 15) is 8.42 Å². The van der Waals surface area contributed by atoms with Crippen molar-refractivity contribution in [1.29, 1.82) is 0 Å². The van der Waals surface area contributed by atoms with Gasteiger partial charge < -0.3 is 5.73 Å². The summed E-state index contributed by atoms with van der Waals surface area (Å²) in [6, 6.07) is 4.62. The van der Waals surface area contributed by atoms with E-state index >= 15 is 0 Å². The van der Waals surface area contributed by atoms with Gasteiger partial charge in [0, 0.05) is 6.54 Å². The van der Waals surface area contributed by atoms with Crippen LogP contribution in [-0.2, 0) is 20.8 Å². The monoisotopic (exact) mass is 335 g/mol. The number of nitrogens with two attached hydrogens (primary N) is 1. The van der Waals surface area contributed by atoms with E-state index in [-0.39, 0.29) is 22.8 Å². The molecule has 0 unspecified atom stereocenters. The highest BCUT2D eigenvalue weighted by Gasteiger charge is 2.23. The maximum Gasteiger partial charge on any atom is 0.299 e. The van der Waals surface area contributed by atoms with Crippen LogP contribution in [0.1, 0.15) is 5.56 Å². The van der Waals surface area contributed by atoms with Crippen molar-refractivity contribution < 1.29 is 12.6 Å². The lowest BCUT2D eigenvalue weighted by Crippen LogP contribution is -2.11. The Hall–Kier alpha value is 0.390. The Morgan fingerprint density at radius 3 is 2.53 bits per heavy atom. The van der Waals surface area contributed by atoms with Crippen molar-refractivity contribution in [1.82, 2.24) is 0 Å². The second-order valence-corrected chi connectivity index (χ2v) is 8.73. The normalized spacial score (nSPS) is 12.1. The molecule has 9 heteroatoms. The van der Waals surface area contributed by atoms with E-state index in [1.165, 1.54) is 6.07 Å². The Kier molecular flexibility index (Phi) is 5.93. The highest BCUT2D eigenvalue weighted by molar-refractivity contribution is 8.04. The average molecular weight is 337 g/mol. The average Bonchev–Trinajstić information content (AvgIpc) is 2.25. The SMILES string of the molecule is NCc1cccc(Cl)c1S(=O)(=O)OCP(Cl)Cl. The van der Waals surface area contributed by atoms with Gasteiger partial charge in [0.05, 0.1) is 5.02 Å². The molecule has 4 nitrogen and oxygen atoms in total. The smallest absolute Gasteiger partial charge is 0.299 e. The summed E-state index contributed by atoms with van der Waals surface area (Å²) >= 11 is 16.8. The Labute approximate surface area is 115 Å². The molecule has 0 amide bonds. The van der Waals surface area contributed by atoms with E-state index < -0.39 is 16.7 Å². The van der Waals surface area contributed by atoms with E-state index in [1.807, 2.05) is 0 Å². The molecule has 96 valence electrons. The lowest BCUT2D eigenvalue weighted by molar-refractivity contribution is 0.379. The Morgan fingerprint density at radius 1 is 1.35 bits per heavy atom. The van der Waals surface area contributed by atoms with Gasteiger partial charge in [0.25, 0.3) is 10.1 Å². The van der Waals surface area contributed by atoms with Crippen LogP contribution in [0.2, 0.25) is 5.02 Å². The van der Waals surface area contributed by atoms with Crippen LogP contribution in [0, 0.1) is 0 Å². The molecule has 0 atom stereocenters. The molecule has 1 aromatic rings. The first-order valence-corrected chi connectivity index (χ1v) is 9.47. The summed E-state index contributed by atoms with van der Waals surface area (Å²) in [6.07, 6.45) is -0.282. The fourth-order valence-corrected chi connectivity index (χ4v) is 4.13. The highest BCUT2D eigenvalue weighted by atomic mass is 35.9. The summed E-state index contributed by atoms with van der Waals surface area (Å²) in [7, 11) is -3.99. The predicted octanol–water partition coefficient (Wildman–Crippen LogP) is 3.25. The van der Waals surface area contributed by atoms with Crippen molar-refractivity contribution in [3.05, 3.63) is 28.8 Å². The summed E-state index contributed by atoms with van der Waals surface area (Å²) in [4.78, 5) is -0.130. The van der Waals surface area contributed by atoms with Gasteiger partial charge in [-0.1, -0.05) is 46.2 Å². The van der Waals surface area contributed by atoms with E-state index in [4.69, 9.17) is 44.0 Å². The van der Waals surface area contributed by atoms with Crippen molar-refractivity contribution in [2.45, 2.75) is 11.4 Å². The maximum atomic E-state index is 11.9. The summed E-state index contributed by atoms with van der Waals surface area (Å²) < 4.78 is 28.4. The molecule has 0 aliphatic heterocycles. The van der Waals surface area contributed by atoms with Gasteiger partial charge >= 0.3 is 0 Å². The molecule has 0 bridgehead atoms. The predicted molar refractivity (Wildman–Crippen MR) is 71.1 cm³/mol. The van der Waals surface area contributed by atoms with Gasteiger partial charge in [-0.25, -0.2) is 0 Å². The van der Waals surface area contributed by atoms with Crippen molar-refractivity contribution in [3.63, 3.8) is 0 Å². The first kappa shape index (κ1) is 15.4. The first-order valence-electron chi connectivity index (χ1n) is 4.34. The fraction of sp³-hybridized carbons (Fsp3) is 0.250. The Balaban J connectivity index is 3.14. The van der Waals surface area contributed by atoms with E-state index in [0.717, 1.165) is 0 Å². The molecule has 0 aliphatic carbocycles. The third-order valence-corrected chi connectivity index (χ3v) is 4.75. The lowest BCUT2D eigenvalue weighted by Gasteiger charge is -2.11. The van der Waals surface area contributed by atoms with E-state index in [0.29, 0.717) is 5.56 Å². The molecule has 0 aromatic heterocycles. The fourth-order valence-electron chi connectivity index (χ4n) is 1.16. The van der Waals surface area contributed by atoms with Crippen LogP contribution in [0.5, 0.6) is 0 Å². The minimum atomic E-state index is -3.99. The quantitative estimate of drug-likeness (QED) is 0.662. The van der Waals surface area contributed by atoms with Crippen LogP contribution in [0.15, 0.2) is 23.1 Å².